The molecular weight excluding hydrogens is 246 g/mol. The lowest BCUT2D eigenvalue weighted by Gasteiger charge is -2.04. The van der Waals surface area contributed by atoms with Crippen LogP contribution < -0.4 is 5.73 Å². The second-order valence-corrected chi connectivity index (χ2v) is 5.36. The predicted octanol–water partition coefficient (Wildman–Crippen LogP) is 2.47. The van der Waals surface area contributed by atoms with Crippen molar-refractivity contribution in [2.75, 3.05) is 5.73 Å². The molecule has 0 spiro atoms. The van der Waals surface area contributed by atoms with Crippen molar-refractivity contribution in [3.05, 3.63) is 23.8 Å². The number of pyridine rings is 1. The van der Waals surface area contributed by atoms with Crippen molar-refractivity contribution in [3.63, 3.8) is 0 Å². The summed E-state index contributed by atoms with van der Waals surface area (Å²) in [5.74, 6) is 0.911. The quantitative estimate of drug-likeness (QED) is 0.765. The Kier molecular flexibility index (Phi) is 1.96. The van der Waals surface area contributed by atoms with Gasteiger partial charge in [-0.25, -0.2) is 9.97 Å². The first-order chi connectivity index (χ1) is 8.83. The normalized spacial score (nSPS) is 15.3. The lowest BCUT2D eigenvalue weighted by atomic mass is 10.4. The van der Waals surface area contributed by atoms with Gasteiger partial charge in [0.2, 0.25) is 0 Å². The van der Waals surface area contributed by atoms with Gasteiger partial charge in [-0.1, -0.05) is 0 Å². The van der Waals surface area contributed by atoms with Crippen LogP contribution in [0.25, 0.3) is 22.6 Å². The van der Waals surface area contributed by atoms with E-state index in [0.29, 0.717) is 11.2 Å². The number of hydrogen-bond donors (Lipinski definition) is 1. The number of anilines is 1. The van der Waals surface area contributed by atoms with Crippen LogP contribution in [-0.2, 0) is 0 Å². The summed E-state index contributed by atoms with van der Waals surface area (Å²) < 4.78 is 2.27. The van der Waals surface area contributed by atoms with E-state index in [0.717, 1.165) is 22.6 Å². The van der Waals surface area contributed by atoms with E-state index in [1.807, 2.05) is 17.6 Å². The fraction of sp³-hybridized carbons (Fsp3) is 0.250. The summed E-state index contributed by atoms with van der Waals surface area (Å²) in [5, 5.41) is 2.54. The largest absolute Gasteiger partial charge is 0.375 e. The average molecular weight is 257 g/mol. The molecule has 0 aromatic carbocycles. The highest BCUT2D eigenvalue weighted by atomic mass is 32.1. The Labute approximate surface area is 107 Å². The Hall–Kier alpha value is -1.95. The molecule has 1 fully saturated rings. The molecule has 0 saturated heterocycles. The molecule has 0 radical (unpaired) electrons. The number of aromatic nitrogens is 4. The monoisotopic (exact) mass is 257 g/mol. The minimum atomic E-state index is 0.551. The van der Waals surface area contributed by atoms with Crippen LogP contribution in [0.2, 0.25) is 0 Å². The molecule has 5 nitrogen and oxygen atoms in total. The zero-order valence-electron chi connectivity index (χ0n) is 9.58. The fourth-order valence-electron chi connectivity index (χ4n) is 2.22. The molecule has 90 valence electrons. The van der Waals surface area contributed by atoms with E-state index >= 15 is 0 Å². The Bertz CT molecular complexity index is 725. The molecule has 6 heteroatoms. The Morgan fingerprint density at radius 1 is 1.33 bits per heavy atom. The first-order valence-corrected chi connectivity index (χ1v) is 6.74. The maximum atomic E-state index is 5.71. The van der Waals surface area contributed by atoms with Crippen LogP contribution in [-0.4, -0.2) is 19.5 Å². The second-order valence-electron chi connectivity index (χ2n) is 4.47. The third kappa shape index (κ3) is 1.42. The summed E-state index contributed by atoms with van der Waals surface area (Å²) in [6, 6.07) is 2.56. The van der Waals surface area contributed by atoms with Crippen LogP contribution in [0.3, 0.4) is 0 Å². The molecule has 1 aliphatic carbocycles. The Balaban J connectivity index is 2.01. The van der Waals surface area contributed by atoms with Crippen molar-refractivity contribution in [3.8, 4) is 11.5 Å². The van der Waals surface area contributed by atoms with E-state index in [1.165, 1.54) is 24.2 Å². The van der Waals surface area contributed by atoms with Crippen LogP contribution in [0.4, 0.5) is 5.13 Å². The van der Waals surface area contributed by atoms with Gasteiger partial charge in [0.1, 0.15) is 11.2 Å². The van der Waals surface area contributed by atoms with E-state index in [-0.39, 0.29) is 0 Å². The lowest BCUT2D eigenvalue weighted by Crippen LogP contribution is -1.97. The highest BCUT2D eigenvalue weighted by Gasteiger charge is 2.29. The average Bonchev–Trinajstić information content (AvgIpc) is 3.00. The van der Waals surface area contributed by atoms with E-state index in [1.54, 1.807) is 6.20 Å². The number of nitrogens with two attached hydrogens (primary N) is 1. The van der Waals surface area contributed by atoms with Crippen LogP contribution in [0, 0.1) is 0 Å². The van der Waals surface area contributed by atoms with Gasteiger partial charge in [-0.3, -0.25) is 4.98 Å². The summed E-state index contributed by atoms with van der Waals surface area (Å²) in [5.41, 5.74) is 8.63. The van der Waals surface area contributed by atoms with E-state index in [9.17, 15) is 0 Å². The molecule has 0 atom stereocenters. The molecule has 0 aliphatic heterocycles. The van der Waals surface area contributed by atoms with E-state index < -0.39 is 0 Å². The minimum absolute atomic E-state index is 0.551. The molecule has 1 saturated carbocycles. The summed E-state index contributed by atoms with van der Waals surface area (Å²) in [4.78, 5) is 13.1. The van der Waals surface area contributed by atoms with Crippen molar-refractivity contribution >= 4 is 27.5 Å². The van der Waals surface area contributed by atoms with Crippen LogP contribution in [0.5, 0.6) is 0 Å². The van der Waals surface area contributed by atoms with Crippen molar-refractivity contribution in [1.82, 2.24) is 19.5 Å². The molecule has 0 bridgehead atoms. The standard InChI is InChI=1S/C12H11N5S/c13-12-16-9(6-18-12)11-15-8-5-14-4-3-10(8)17(11)7-1-2-7/h3-7H,1-2H2,(H2,13,16). The summed E-state index contributed by atoms with van der Waals surface area (Å²) in [6.07, 6.45) is 6.02. The van der Waals surface area contributed by atoms with Gasteiger partial charge in [0.05, 0.1) is 11.7 Å². The van der Waals surface area contributed by atoms with Crippen LogP contribution in [0.15, 0.2) is 23.8 Å². The highest BCUT2D eigenvalue weighted by Crippen LogP contribution is 2.41. The van der Waals surface area contributed by atoms with Crippen LogP contribution >= 0.6 is 11.3 Å². The Morgan fingerprint density at radius 2 is 2.22 bits per heavy atom. The maximum absolute atomic E-state index is 5.71. The van der Waals surface area contributed by atoms with Crippen molar-refractivity contribution in [2.45, 2.75) is 18.9 Å². The number of imidazole rings is 1. The van der Waals surface area contributed by atoms with Crippen molar-refractivity contribution < 1.29 is 0 Å². The summed E-state index contributed by atoms with van der Waals surface area (Å²) in [7, 11) is 0. The molecule has 2 N–H and O–H groups in total. The van der Waals surface area contributed by atoms with Gasteiger partial charge in [-0.15, -0.1) is 11.3 Å². The topological polar surface area (TPSA) is 69.6 Å². The highest BCUT2D eigenvalue weighted by molar-refractivity contribution is 7.13. The van der Waals surface area contributed by atoms with E-state index in [2.05, 4.69) is 19.5 Å². The van der Waals surface area contributed by atoms with Crippen LogP contribution in [0.1, 0.15) is 18.9 Å². The molecular formula is C12H11N5S. The Morgan fingerprint density at radius 3 is 2.94 bits per heavy atom. The molecule has 3 aromatic heterocycles. The zero-order chi connectivity index (χ0) is 12.1. The van der Waals surface area contributed by atoms with Gasteiger partial charge in [0.25, 0.3) is 0 Å². The molecule has 3 aromatic rings. The molecule has 4 rings (SSSR count). The fourth-order valence-corrected chi connectivity index (χ4v) is 2.77. The molecule has 0 unspecified atom stereocenters. The second kappa shape index (κ2) is 3.52. The SMILES string of the molecule is Nc1nc(-c2nc3cnccc3n2C2CC2)cs1. The smallest absolute Gasteiger partial charge is 0.180 e. The van der Waals surface area contributed by atoms with E-state index in [4.69, 9.17) is 5.73 Å². The van der Waals surface area contributed by atoms with Crippen molar-refractivity contribution in [1.29, 1.82) is 0 Å². The third-order valence-corrected chi connectivity index (χ3v) is 3.83. The predicted molar refractivity (Wildman–Crippen MR) is 71.3 cm³/mol. The molecule has 3 heterocycles. The maximum Gasteiger partial charge on any atom is 0.180 e. The first kappa shape index (κ1) is 10.0. The minimum Gasteiger partial charge on any atom is -0.375 e. The van der Waals surface area contributed by atoms with Gasteiger partial charge < -0.3 is 10.3 Å². The number of rotatable bonds is 2. The van der Waals surface area contributed by atoms with Gasteiger partial charge in [-0.2, -0.15) is 0 Å². The van der Waals surface area contributed by atoms with Gasteiger partial charge in [0.15, 0.2) is 11.0 Å². The van der Waals surface area contributed by atoms with Gasteiger partial charge in [-0.05, 0) is 18.9 Å². The lowest BCUT2D eigenvalue weighted by molar-refractivity contribution is 0.773. The molecule has 18 heavy (non-hydrogen) atoms. The zero-order valence-corrected chi connectivity index (χ0v) is 10.4. The van der Waals surface area contributed by atoms with Crippen molar-refractivity contribution in [2.24, 2.45) is 0 Å². The number of nitrogen functional groups attached to an aromatic ring is 1. The number of hydrogen-bond acceptors (Lipinski definition) is 5. The van der Waals surface area contributed by atoms with Gasteiger partial charge in [0, 0.05) is 17.6 Å². The number of thiazole rings is 1. The number of fused-ring (bicyclic) bond motifs is 1. The molecule has 0 amide bonds. The third-order valence-electron chi connectivity index (χ3n) is 3.15. The summed E-state index contributed by atoms with van der Waals surface area (Å²) >= 11 is 1.45. The number of nitrogens with zero attached hydrogens (tertiary/aromatic N) is 4. The van der Waals surface area contributed by atoms with Gasteiger partial charge >= 0.3 is 0 Å². The summed E-state index contributed by atoms with van der Waals surface area (Å²) in [6.45, 7) is 0. The molecule has 1 aliphatic rings. The first-order valence-electron chi connectivity index (χ1n) is 5.86.